The molecule has 0 saturated heterocycles. The zero-order chi connectivity index (χ0) is 12.4. The third kappa shape index (κ3) is 1.87. The fraction of sp³-hybridized carbons (Fsp3) is 0.357. The largest absolute Gasteiger partial charge is 0.493 e. The predicted molar refractivity (Wildman–Crippen MR) is 64.5 cm³/mol. The van der Waals surface area contributed by atoms with Gasteiger partial charge in [0.15, 0.2) is 17.3 Å². The molecule has 0 bridgehead atoms. The van der Waals surface area contributed by atoms with Gasteiger partial charge in [-0.15, -0.1) is 12.3 Å². The number of hydrogen-bond donors (Lipinski definition) is 0. The van der Waals surface area contributed by atoms with Crippen molar-refractivity contribution in [3.8, 4) is 23.8 Å². The molecule has 0 fully saturated rings. The fourth-order valence-corrected chi connectivity index (χ4v) is 2.20. The van der Waals surface area contributed by atoms with E-state index in [1.807, 2.05) is 6.07 Å². The molecule has 0 aromatic heterocycles. The predicted octanol–water partition coefficient (Wildman–Crippen LogP) is 2.08. The topological polar surface area (TPSA) is 35.5 Å². The smallest absolute Gasteiger partial charge is 0.167 e. The number of methoxy groups -OCH3 is 2. The number of rotatable bonds is 3. The van der Waals surface area contributed by atoms with Gasteiger partial charge >= 0.3 is 0 Å². The van der Waals surface area contributed by atoms with E-state index in [2.05, 4.69) is 5.92 Å². The van der Waals surface area contributed by atoms with Crippen molar-refractivity contribution < 1.29 is 14.3 Å². The minimum atomic E-state index is -0.0909. The van der Waals surface area contributed by atoms with Crippen LogP contribution in [0.2, 0.25) is 0 Å². The van der Waals surface area contributed by atoms with Gasteiger partial charge in [-0.1, -0.05) is 0 Å². The molecule has 17 heavy (non-hydrogen) atoms. The maximum atomic E-state index is 12.1. The fourth-order valence-electron chi connectivity index (χ4n) is 2.20. The Kier molecular flexibility index (Phi) is 3.06. The maximum absolute atomic E-state index is 12.1. The van der Waals surface area contributed by atoms with Gasteiger partial charge in [0.25, 0.3) is 0 Å². The molecule has 0 N–H and O–H groups in total. The van der Waals surface area contributed by atoms with Crippen LogP contribution >= 0.6 is 0 Å². The average Bonchev–Trinajstić information content (AvgIpc) is 2.65. The Morgan fingerprint density at radius 3 is 2.59 bits per heavy atom. The average molecular weight is 230 g/mol. The number of ketones is 1. The zero-order valence-corrected chi connectivity index (χ0v) is 9.95. The summed E-state index contributed by atoms with van der Waals surface area (Å²) in [5.41, 5.74) is 1.70. The van der Waals surface area contributed by atoms with Gasteiger partial charge < -0.3 is 9.47 Å². The van der Waals surface area contributed by atoms with Gasteiger partial charge in [-0.2, -0.15) is 0 Å². The van der Waals surface area contributed by atoms with Crippen LogP contribution < -0.4 is 9.47 Å². The summed E-state index contributed by atoms with van der Waals surface area (Å²) in [6.45, 7) is 0. The second kappa shape index (κ2) is 4.50. The van der Waals surface area contributed by atoms with E-state index in [1.165, 1.54) is 0 Å². The van der Waals surface area contributed by atoms with Gasteiger partial charge in [-0.05, 0) is 24.1 Å². The Balaban J connectivity index is 2.42. The molecule has 2 rings (SSSR count). The number of Topliss-reactive ketones (excluding diaryl/α,β-unsaturated/α-hetero) is 1. The quantitative estimate of drug-likeness (QED) is 0.746. The van der Waals surface area contributed by atoms with E-state index < -0.39 is 0 Å². The lowest BCUT2D eigenvalue weighted by Crippen LogP contribution is -2.07. The summed E-state index contributed by atoms with van der Waals surface area (Å²) in [5, 5.41) is 0. The first-order valence-corrected chi connectivity index (χ1v) is 5.43. The molecular weight excluding hydrogens is 216 g/mol. The Bertz CT molecular complexity index is 497. The van der Waals surface area contributed by atoms with E-state index in [9.17, 15) is 4.79 Å². The molecule has 0 aliphatic heterocycles. The lowest BCUT2D eigenvalue weighted by molar-refractivity contribution is 0.0939. The van der Waals surface area contributed by atoms with Gasteiger partial charge in [0, 0.05) is 17.9 Å². The van der Waals surface area contributed by atoms with Gasteiger partial charge in [-0.25, -0.2) is 0 Å². The number of ether oxygens (including phenoxy) is 2. The summed E-state index contributed by atoms with van der Waals surface area (Å²) >= 11 is 0. The Labute approximate surface area is 101 Å². The van der Waals surface area contributed by atoms with E-state index in [4.69, 9.17) is 15.9 Å². The van der Waals surface area contributed by atoms with Crippen LogP contribution in [-0.2, 0) is 6.42 Å². The summed E-state index contributed by atoms with van der Waals surface area (Å²) in [6, 6.07) is 3.61. The standard InChI is InChI=1S/C14H14O3/c1-4-5-9-6-10-7-12(16-2)13(17-3)8-11(10)14(9)15/h1,7-9H,5-6H2,2-3H3. The van der Waals surface area contributed by atoms with Gasteiger partial charge in [0.05, 0.1) is 14.2 Å². The number of fused-ring (bicyclic) bond motifs is 1. The van der Waals surface area contributed by atoms with Crippen LogP contribution in [0.5, 0.6) is 11.5 Å². The molecule has 1 aliphatic carbocycles. The number of carbonyl (C=O) groups is 1. The van der Waals surface area contributed by atoms with Crippen molar-refractivity contribution in [3.63, 3.8) is 0 Å². The summed E-state index contributed by atoms with van der Waals surface area (Å²) in [6.07, 6.45) is 6.44. The number of benzene rings is 1. The summed E-state index contributed by atoms with van der Waals surface area (Å²) in [7, 11) is 3.14. The van der Waals surface area contributed by atoms with Crippen molar-refractivity contribution in [1.29, 1.82) is 0 Å². The number of hydrogen-bond acceptors (Lipinski definition) is 3. The minimum absolute atomic E-state index is 0.0909. The molecule has 0 spiro atoms. The first-order chi connectivity index (χ1) is 8.21. The van der Waals surface area contributed by atoms with Crippen LogP contribution in [0.3, 0.4) is 0 Å². The second-order valence-electron chi connectivity index (χ2n) is 4.04. The molecular formula is C14H14O3. The van der Waals surface area contributed by atoms with Crippen molar-refractivity contribution in [2.45, 2.75) is 12.8 Å². The zero-order valence-electron chi connectivity index (χ0n) is 9.95. The highest BCUT2D eigenvalue weighted by Gasteiger charge is 2.31. The highest BCUT2D eigenvalue weighted by Crippen LogP contribution is 2.37. The maximum Gasteiger partial charge on any atom is 0.167 e. The van der Waals surface area contributed by atoms with E-state index in [0.717, 1.165) is 5.56 Å². The normalized spacial score (nSPS) is 17.5. The molecule has 1 aromatic rings. The molecule has 1 unspecified atom stereocenters. The summed E-state index contributed by atoms with van der Waals surface area (Å²) in [4.78, 5) is 12.1. The highest BCUT2D eigenvalue weighted by molar-refractivity contribution is 6.03. The second-order valence-corrected chi connectivity index (χ2v) is 4.04. The molecule has 0 amide bonds. The molecule has 3 nitrogen and oxygen atoms in total. The van der Waals surface area contributed by atoms with Crippen LogP contribution in [0, 0.1) is 18.3 Å². The van der Waals surface area contributed by atoms with E-state index in [1.54, 1.807) is 20.3 Å². The van der Waals surface area contributed by atoms with Crippen LogP contribution in [0.1, 0.15) is 22.3 Å². The van der Waals surface area contributed by atoms with E-state index in [0.29, 0.717) is 29.9 Å². The highest BCUT2D eigenvalue weighted by atomic mass is 16.5. The van der Waals surface area contributed by atoms with E-state index >= 15 is 0 Å². The van der Waals surface area contributed by atoms with Gasteiger partial charge in [0.2, 0.25) is 0 Å². The van der Waals surface area contributed by atoms with Crippen molar-refractivity contribution >= 4 is 5.78 Å². The van der Waals surface area contributed by atoms with Crippen LogP contribution in [-0.4, -0.2) is 20.0 Å². The number of carbonyl (C=O) groups excluding carboxylic acids is 1. The van der Waals surface area contributed by atoms with Crippen molar-refractivity contribution in [3.05, 3.63) is 23.3 Å². The molecule has 0 radical (unpaired) electrons. The monoisotopic (exact) mass is 230 g/mol. The number of terminal acetylenes is 1. The third-order valence-corrected chi connectivity index (χ3v) is 3.08. The van der Waals surface area contributed by atoms with Crippen molar-refractivity contribution in [1.82, 2.24) is 0 Å². The van der Waals surface area contributed by atoms with Crippen LogP contribution in [0.15, 0.2) is 12.1 Å². The van der Waals surface area contributed by atoms with Gasteiger partial charge in [-0.3, -0.25) is 4.79 Å². The molecule has 3 heteroatoms. The Hall–Kier alpha value is -1.95. The molecule has 0 saturated carbocycles. The summed E-state index contributed by atoms with van der Waals surface area (Å²) in [5.74, 6) is 3.81. The molecule has 1 aromatic carbocycles. The summed E-state index contributed by atoms with van der Waals surface area (Å²) < 4.78 is 10.4. The first-order valence-electron chi connectivity index (χ1n) is 5.43. The van der Waals surface area contributed by atoms with Crippen molar-refractivity contribution in [2.24, 2.45) is 5.92 Å². The molecule has 1 aliphatic rings. The Morgan fingerprint density at radius 2 is 2.00 bits per heavy atom. The Morgan fingerprint density at radius 1 is 1.35 bits per heavy atom. The lowest BCUT2D eigenvalue weighted by atomic mass is 10.0. The van der Waals surface area contributed by atoms with E-state index in [-0.39, 0.29) is 11.7 Å². The molecule has 88 valence electrons. The van der Waals surface area contributed by atoms with Crippen LogP contribution in [0.4, 0.5) is 0 Å². The SMILES string of the molecule is C#CCC1Cc2cc(OC)c(OC)cc2C1=O. The minimum Gasteiger partial charge on any atom is -0.493 e. The van der Waals surface area contributed by atoms with Crippen LogP contribution in [0.25, 0.3) is 0 Å². The molecule has 0 heterocycles. The first kappa shape index (κ1) is 11.5. The molecule has 1 atom stereocenters. The third-order valence-electron chi connectivity index (χ3n) is 3.08. The van der Waals surface area contributed by atoms with Crippen molar-refractivity contribution in [2.75, 3.05) is 14.2 Å². The van der Waals surface area contributed by atoms with Gasteiger partial charge in [0.1, 0.15) is 0 Å². The lowest BCUT2D eigenvalue weighted by Gasteiger charge is -2.09.